The Morgan fingerprint density at radius 3 is 2.75 bits per heavy atom. The van der Waals surface area contributed by atoms with Crippen molar-refractivity contribution >= 4 is 33.0 Å². The molecule has 1 unspecified atom stereocenters. The van der Waals surface area contributed by atoms with Gasteiger partial charge in [-0.25, -0.2) is 8.42 Å². The monoisotopic (exact) mass is 474 g/mol. The van der Waals surface area contributed by atoms with Gasteiger partial charge in [0.05, 0.1) is 15.7 Å². The lowest BCUT2D eigenvalue weighted by Crippen LogP contribution is -2.43. The molecule has 1 aliphatic heterocycles. The first-order valence-corrected chi connectivity index (χ1v) is 12.7. The Kier molecular flexibility index (Phi) is 6.19. The number of sulfonamides is 1. The van der Waals surface area contributed by atoms with E-state index >= 15 is 0 Å². The zero-order valence-corrected chi connectivity index (χ0v) is 20.1. The zero-order chi connectivity index (χ0) is 23.0. The summed E-state index contributed by atoms with van der Waals surface area (Å²) in [6.07, 6.45) is 1.28. The van der Waals surface area contributed by atoms with Gasteiger partial charge in [0.2, 0.25) is 27.6 Å². The number of amides is 1. The number of piperidine rings is 1. The molecule has 32 heavy (non-hydrogen) atoms. The molecule has 1 aromatic carbocycles. The minimum absolute atomic E-state index is 0.149. The molecule has 0 spiro atoms. The van der Waals surface area contributed by atoms with E-state index in [9.17, 15) is 13.2 Å². The van der Waals surface area contributed by atoms with Crippen molar-refractivity contribution in [3.05, 3.63) is 46.2 Å². The van der Waals surface area contributed by atoms with E-state index < -0.39 is 15.9 Å². The van der Waals surface area contributed by atoms with Gasteiger partial charge in [0.15, 0.2) is 0 Å². The zero-order valence-electron chi connectivity index (χ0n) is 18.5. The SMILES string of the molecule is Cc1nc(-c2cc(S(=O)(=O)N3CCCC(C(=O)Nc4cccc(C)c4C)C3)c(C)s2)no1. The van der Waals surface area contributed by atoms with Crippen LogP contribution in [0, 0.1) is 33.6 Å². The van der Waals surface area contributed by atoms with Crippen LogP contribution in [0.2, 0.25) is 0 Å². The Morgan fingerprint density at radius 2 is 2.03 bits per heavy atom. The summed E-state index contributed by atoms with van der Waals surface area (Å²) >= 11 is 1.31. The number of aromatic nitrogens is 2. The van der Waals surface area contributed by atoms with Crippen LogP contribution in [0.15, 0.2) is 33.7 Å². The van der Waals surface area contributed by atoms with Crippen molar-refractivity contribution in [3.63, 3.8) is 0 Å². The fourth-order valence-corrected chi connectivity index (χ4v) is 6.88. The van der Waals surface area contributed by atoms with Gasteiger partial charge in [-0.1, -0.05) is 17.3 Å². The average Bonchev–Trinajstić information content (AvgIpc) is 3.37. The molecule has 0 aliphatic carbocycles. The summed E-state index contributed by atoms with van der Waals surface area (Å²) in [4.78, 5) is 18.7. The Bertz CT molecular complexity index is 1260. The van der Waals surface area contributed by atoms with Crippen LogP contribution in [0.4, 0.5) is 5.69 Å². The van der Waals surface area contributed by atoms with Gasteiger partial charge in [-0.2, -0.15) is 9.29 Å². The number of anilines is 1. The number of nitrogens with one attached hydrogen (secondary N) is 1. The molecule has 1 fully saturated rings. The van der Waals surface area contributed by atoms with Gasteiger partial charge in [-0.3, -0.25) is 4.79 Å². The van der Waals surface area contributed by atoms with E-state index in [1.807, 2.05) is 32.0 Å². The molecule has 10 heteroatoms. The second kappa shape index (κ2) is 8.76. The van der Waals surface area contributed by atoms with Gasteiger partial charge in [0, 0.05) is 30.6 Å². The lowest BCUT2D eigenvalue weighted by atomic mass is 9.98. The Hall–Kier alpha value is -2.56. The third-order valence-corrected chi connectivity index (χ3v) is 9.02. The molecule has 1 amide bonds. The molecule has 0 bridgehead atoms. The van der Waals surface area contributed by atoms with Crippen molar-refractivity contribution in [1.29, 1.82) is 0 Å². The number of rotatable bonds is 5. The molecule has 3 aromatic rings. The molecule has 0 radical (unpaired) electrons. The van der Waals surface area contributed by atoms with Crippen molar-refractivity contribution in [2.45, 2.75) is 45.4 Å². The Labute approximate surface area is 191 Å². The van der Waals surface area contributed by atoms with Crippen molar-refractivity contribution in [2.75, 3.05) is 18.4 Å². The fourth-order valence-electron chi connectivity index (χ4n) is 3.87. The number of carbonyl (C=O) groups is 1. The van der Waals surface area contributed by atoms with Gasteiger partial charge >= 0.3 is 0 Å². The Balaban J connectivity index is 1.53. The van der Waals surface area contributed by atoms with Gasteiger partial charge in [0.1, 0.15) is 0 Å². The number of nitrogens with zero attached hydrogens (tertiary/aromatic N) is 3. The maximum absolute atomic E-state index is 13.4. The van der Waals surface area contributed by atoms with E-state index in [-0.39, 0.29) is 17.3 Å². The van der Waals surface area contributed by atoms with Crippen molar-refractivity contribution in [2.24, 2.45) is 5.92 Å². The highest BCUT2D eigenvalue weighted by Gasteiger charge is 2.35. The second-order valence-corrected chi connectivity index (χ2v) is 11.3. The summed E-state index contributed by atoms with van der Waals surface area (Å²) in [5.41, 5.74) is 2.87. The van der Waals surface area contributed by atoms with Crippen molar-refractivity contribution < 1.29 is 17.7 Å². The number of benzene rings is 1. The molecule has 1 N–H and O–H groups in total. The van der Waals surface area contributed by atoms with Crippen molar-refractivity contribution in [1.82, 2.24) is 14.4 Å². The molecule has 8 nitrogen and oxygen atoms in total. The minimum atomic E-state index is -3.75. The maximum Gasteiger partial charge on any atom is 0.244 e. The first kappa shape index (κ1) is 22.6. The van der Waals surface area contributed by atoms with Gasteiger partial charge < -0.3 is 9.84 Å². The second-order valence-electron chi connectivity index (χ2n) is 8.11. The summed E-state index contributed by atoms with van der Waals surface area (Å²) in [7, 11) is -3.75. The number of carbonyl (C=O) groups excluding carboxylic acids is 1. The molecule has 0 saturated carbocycles. The largest absolute Gasteiger partial charge is 0.339 e. The summed E-state index contributed by atoms with van der Waals surface area (Å²) in [5.74, 6) is 0.242. The van der Waals surface area contributed by atoms with Crippen LogP contribution in [-0.2, 0) is 14.8 Å². The molecule has 4 rings (SSSR count). The predicted octanol–water partition coefficient (Wildman–Crippen LogP) is 4.07. The highest BCUT2D eigenvalue weighted by atomic mass is 32.2. The molecular formula is C22H26N4O4S2. The first-order valence-electron chi connectivity index (χ1n) is 10.4. The third-order valence-electron chi connectivity index (χ3n) is 5.86. The number of aryl methyl sites for hydroxylation is 3. The van der Waals surface area contributed by atoms with Crippen LogP contribution in [0.25, 0.3) is 10.7 Å². The quantitative estimate of drug-likeness (QED) is 0.598. The maximum atomic E-state index is 13.4. The van der Waals surface area contributed by atoms with Gasteiger partial charge in [-0.05, 0) is 56.9 Å². The molecule has 1 saturated heterocycles. The first-order chi connectivity index (χ1) is 15.2. The van der Waals surface area contributed by atoms with E-state index in [1.165, 1.54) is 15.6 Å². The average molecular weight is 475 g/mol. The number of hydrogen-bond donors (Lipinski definition) is 1. The van der Waals surface area contributed by atoms with E-state index in [2.05, 4.69) is 15.5 Å². The summed E-state index contributed by atoms with van der Waals surface area (Å²) in [6.45, 7) is 7.96. The van der Waals surface area contributed by atoms with Crippen LogP contribution < -0.4 is 5.32 Å². The third kappa shape index (κ3) is 4.35. The van der Waals surface area contributed by atoms with Crippen LogP contribution in [0.3, 0.4) is 0 Å². The summed E-state index contributed by atoms with van der Waals surface area (Å²) in [6, 6.07) is 7.36. The molecule has 3 heterocycles. The Morgan fingerprint density at radius 1 is 1.25 bits per heavy atom. The van der Waals surface area contributed by atoms with Gasteiger partial charge in [0.25, 0.3) is 0 Å². The molecule has 1 aliphatic rings. The van der Waals surface area contributed by atoms with E-state index in [0.29, 0.717) is 40.9 Å². The molecule has 1 atom stereocenters. The minimum Gasteiger partial charge on any atom is -0.339 e. The normalized spacial score (nSPS) is 17.4. The van der Waals surface area contributed by atoms with Crippen LogP contribution >= 0.6 is 11.3 Å². The lowest BCUT2D eigenvalue weighted by molar-refractivity contribution is -0.120. The van der Waals surface area contributed by atoms with Crippen LogP contribution in [0.1, 0.15) is 34.7 Å². The molecular weight excluding hydrogens is 448 g/mol. The van der Waals surface area contributed by atoms with Crippen LogP contribution in [0.5, 0.6) is 0 Å². The highest BCUT2D eigenvalue weighted by Crippen LogP contribution is 2.35. The van der Waals surface area contributed by atoms with Crippen molar-refractivity contribution in [3.8, 4) is 10.7 Å². The summed E-state index contributed by atoms with van der Waals surface area (Å²) < 4.78 is 33.3. The standard InChI is InChI=1S/C22H26N4O4S2/c1-13-7-5-9-18(14(13)2)24-22(27)17-8-6-10-26(12-17)32(28,29)20-11-19(31-15(20)3)21-23-16(4)30-25-21/h5,7,9,11,17H,6,8,10,12H2,1-4H3,(H,24,27). The molecule has 170 valence electrons. The van der Waals surface area contributed by atoms with E-state index in [0.717, 1.165) is 16.8 Å². The van der Waals surface area contributed by atoms with E-state index in [4.69, 9.17) is 4.52 Å². The fraction of sp³-hybridized carbons (Fsp3) is 0.409. The number of thiophene rings is 1. The van der Waals surface area contributed by atoms with Crippen LogP contribution in [-0.4, -0.2) is 41.9 Å². The van der Waals surface area contributed by atoms with E-state index in [1.54, 1.807) is 19.9 Å². The predicted molar refractivity (Wildman–Crippen MR) is 123 cm³/mol. The number of hydrogen-bond acceptors (Lipinski definition) is 7. The van der Waals surface area contributed by atoms with Gasteiger partial charge in [-0.15, -0.1) is 11.3 Å². The topological polar surface area (TPSA) is 105 Å². The highest BCUT2D eigenvalue weighted by molar-refractivity contribution is 7.89. The lowest BCUT2D eigenvalue weighted by Gasteiger charge is -2.31. The molecule has 2 aromatic heterocycles. The summed E-state index contributed by atoms with van der Waals surface area (Å²) in [5, 5.41) is 6.87. The smallest absolute Gasteiger partial charge is 0.244 e.